The highest BCUT2D eigenvalue weighted by molar-refractivity contribution is 5.01. The molecule has 0 amide bonds. The van der Waals surface area contributed by atoms with E-state index >= 15 is 0 Å². The topological polar surface area (TPSA) is 24.1 Å². The zero-order valence-corrected chi connectivity index (χ0v) is 12.1. The van der Waals surface area contributed by atoms with Gasteiger partial charge in [0.05, 0.1) is 0 Å². The van der Waals surface area contributed by atoms with Gasteiger partial charge in [-0.25, -0.2) is 0 Å². The lowest BCUT2D eigenvalue weighted by atomic mass is 9.91. The minimum absolute atomic E-state index is 0.387. The van der Waals surface area contributed by atoms with Crippen molar-refractivity contribution in [1.29, 1.82) is 0 Å². The normalized spacial score (nSPS) is 20.9. The first kappa shape index (κ1) is 16.2. The molecule has 0 aliphatic carbocycles. The smallest absolute Gasteiger partial charge is 0.0141 e. The van der Waals surface area contributed by atoms with Gasteiger partial charge in [0.15, 0.2) is 0 Å². The van der Waals surface area contributed by atoms with E-state index in [1.54, 1.807) is 0 Å². The molecule has 2 heteroatoms. The Balaban J connectivity index is 0.000000265. The van der Waals surface area contributed by atoms with E-state index in [0.29, 0.717) is 5.41 Å². The highest BCUT2D eigenvalue weighted by atomic mass is 14.9. The molecular weight excluding hydrogens is 208 g/mol. The van der Waals surface area contributed by atoms with Gasteiger partial charge in [-0.1, -0.05) is 45.9 Å². The summed E-state index contributed by atoms with van der Waals surface area (Å²) < 4.78 is 0. The van der Waals surface area contributed by atoms with Gasteiger partial charge in [0, 0.05) is 19.6 Å². The quantitative estimate of drug-likeness (QED) is 0.631. The average Bonchev–Trinajstić information content (AvgIpc) is 2.64. The minimum atomic E-state index is 0.387. The van der Waals surface area contributed by atoms with Gasteiger partial charge >= 0.3 is 0 Å². The molecule has 0 bridgehead atoms. The van der Waals surface area contributed by atoms with Crippen LogP contribution in [0.15, 0.2) is 24.4 Å². The first-order valence-corrected chi connectivity index (χ1v) is 6.97. The maximum absolute atomic E-state index is 3.29. The molecule has 0 aromatic heterocycles. The molecule has 2 nitrogen and oxygen atoms in total. The maximum atomic E-state index is 3.29. The molecule has 2 rings (SSSR count). The van der Waals surface area contributed by atoms with Crippen LogP contribution in [0.4, 0.5) is 0 Å². The lowest BCUT2D eigenvalue weighted by Gasteiger charge is -2.23. The highest BCUT2D eigenvalue weighted by Gasteiger charge is 2.14. The SMILES string of the molecule is C1=CNCCCC1.CC.CC1(C)C=CCNC1. The van der Waals surface area contributed by atoms with E-state index < -0.39 is 0 Å². The van der Waals surface area contributed by atoms with Crippen LogP contribution in [0.5, 0.6) is 0 Å². The van der Waals surface area contributed by atoms with Crippen molar-refractivity contribution in [2.75, 3.05) is 19.6 Å². The molecule has 0 saturated heterocycles. The van der Waals surface area contributed by atoms with E-state index in [4.69, 9.17) is 0 Å². The van der Waals surface area contributed by atoms with Gasteiger partial charge < -0.3 is 10.6 Å². The van der Waals surface area contributed by atoms with Crippen LogP contribution in [0, 0.1) is 5.41 Å². The average molecular weight is 238 g/mol. The first-order valence-electron chi connectivity index (χ1n) is 6.97. The molecule has 2 N–H and O–H groups in total. The van der Waals surface area contributed by atoms with Crippen molar-refractivity contribution in [3.05, 3.63) is 24.4 Å². The van der Waals surface area contributed by atoms with Gasteiger partial charge in [-0.05, 0) is 30.9 Å². The summed E-state index contributed by atoms with van der Waals surface area (Å²) in [4.78, 5) is 0. The maximum Gasteiger partial charge on any atom is 0.0141 e. The lowest BCUT2D eigenvalue weighted by Crippen LogP contribution is -2.31. The van der Waals surface area contributed by atoms with Crippen molar-refractivity contribution in [1.82, 2.24) is 10.6 Å². The Hall–Kier alpha value is -0.760. The van der Waals surface area contributed by atoms with Crippen LogP contribution < -0.4 is 10.6 Å². The summed E-state index contributed by atoms with van der Waals surface area (Å²) in [5.41, 5.74) is 0.387. The van der Waals surface area contributed by atoms with Crippen molar-refractivity contribution in [2.45, 2.75) is 47.0 Å². The Morgan fingerprint density at radius 1 is 1.06 bits per heavy atom. The van der Waals surface area contributed by atoms with Crippen molar-refractivity contribution in [3.8, 4) is 0 Å². The van der Waals surface area contributed by atoms with E-state index in [1.807, 2.05) is 20.0 Å². The van der Waals surface area contributed by atoms with Crippen LogP contribution in [0.2, 0.25) is 0 Å². The summed E-state index contributed by atoms with van der Waals surface area (Å²) in [5.74, 6) is 0. The summed E-state index contributed by atoms with van der Waals surface area (Å²) in [6.45, 7) is 11.8. The molecule has 0 fully saturated rings. The second-order valence-electron chi connectivity index (χ2n) is 4.87. The molecule has 2 aliphatic heterocycles. The second kappa shape index (κ2) is 10.4. The molecule has 0 saturated carbocycles. The predicted octanol–water partition coefficient (Wildman–Crippen LogP) is 3.47. The summed E-state index contributed by atoms with van der Waals surface area (Å²) in [6, 6.07) is 0. The molecule has 0 unspecified atom stereocenters. The second-order valence-corrected chi connectivity index (χ2v) is 4.87. The molecule has 0 atom stereocenters. The number of hydrogen-bond donors (Lipinski definition) is 2. The number of rotatable bonds is 0. The van der Waals surface area contributed by atoms with Gasteiger partial charge in [-0.2, -0.15) is 0 Å². The Kier molecular flexibility index (Phi) is 9.93. The summed E-state index contributed by atoms with van der Waals surface area (Å²) >= 11 is 0. The van der Waals surface area contributed by atoms with Crippen LogP contribution in [-0.2, 0) is 0 Å². The first-order chi connectivity index (χ1) is 8.21. The lowest BCUT2D eigenvalue weighted by molar-refractivity contribution is 0.427. The van der Waals surface area contributed by atoms with E-state index in [1.165, 1.54) is 19.3 Å². The summed E-state index contributed by atoms with van der Waals surface area (Å²) in [5, 5.41) is 6.45. The number of allylic oxidation sites excluding steroid dienone is 1. The molecule has 0 aromatic rings. The summed E-state index contributed by atoms with van der Waals surface area (Å²) in [7, 11) is 0. The van der Waals surface area contributed by atoms with Gasteiger partial charge in [0.1, 0.15) is 0 Å². The van der Waals surface area contributed by atoms with Crippen LogP contribution in [-0.4, -0.2) is 19.6 Å². The third-order valence-electron chi connectivity index (χ3n) is 2.59. The fourth-order valence-electron chi connectivity index (χ4n) is 1.65. The molecular formula is C15H30N2. The molecule has 2 heterocycles. The summed E-state index contributed by atoms with van der Waals surface area (Å²) in [6.07, 6.45) is 12.6. The van der Waals surface area contributed by atoms with Gasteiger partial charge in [0.25, 0.3) is 0 Å². The highest BCUT2D eigenvalue weighted by Crippen LogP contribution is 2.16. The Labute approximate surface area is 108 Å². The van der Waals surface area contributed by atoms with Crippen molar-refractivity contribution >= 4 is 0 Å². The number of nitrogens with one attached hydrogen (secondary N) is 2. The van der Waals surface area contributed by atoms with E-state index in [9.17, 15) is 0 Å². The number of hydrogen-bond acceptors (Lipinski definition) is 2. The van der Waals surface area contributed by atoms with Crippen molar-refractivity contribution in [2.24, 2.45) is 5.41 Å². The molecule has 100 valence electrons. The Morgan fingerprint density at radius 2 is 1.82 bits per heavy atom. The van der Waals surface area contributed by atoms with E-state index in [2.05, 4.69) is 42.7 Å². The molecule has 17 heavy (non-hydrogen) atoms. The molecule has 0 aromatic carbocycles. The zero-order valence-electron chi connectivity index (χ0n) is 12.1. The third-order valence-corrected chi connectivity index (χ3v) is 2.59. The molecule has 2 aliphatic rings. The molecule has 0 spiro atoms. The van der Waals surface area contributed by atoms with Crippen molar-refractivity contribution < 1.29 is 0 Å². The van der Waals surface area contributed by atoms with Gasteiger partial charge in [-0.3, -0.25) is 0 Å². The largest absolute Gasteiger partial charge is 0.391 e. The molecule has 0 radical (unpaired) electrons. The predicted molar refractivity (Wildman–Crippen MR) is 78.1 cm³/mol. The Bertz CT molecular complexity index is 209. The van der Waals surface area contributed by atoms with Gasteiger partial charge in [0.2, 0.25) is 0 Å². The van der Waals surface area contributed by atoms with Crippen LogP contribution in [0.25, 0.3) is 0 Å². The van der Waals surface area contributed by atoms with Crippen LogP contribution >= 0.6 is 0 Å². The van der Waals surface area contributed by atoms with Crippen LogP contribution in [0.1, 0.15) is 47.0 Å². The standard InChI is InChI=1S/C7H13N.C6H11N.C2H6/c1-7(2)4-3-5-8-6-7;1-2-4-6-7-5-3-1;1-2/h3-4,8H,5-6H2,1-2H3;3,5,7H,1-2,4,6H2;1-2H3. The fourth-order valence-corrected chi connectivity index (χ4v) is 1.65. The van der Waals surface area contributed by atoms with Crippen LogP contribution in [0.3, 0.4) is 0 Å². The third kappa shape index (κ3) is 10.1. The Morgan fingerprint density at radius 3 is 2.35 bits per heavy atom. The minimum Gasteiger partial charge on any atom is -0.391 e. The van der Waals surface area contributed by atoms with E-state index in [-0.39, 0.29) is 0 Å². The monoisotopic (exact) mass is 238 g/mol. The fraction of sp³-hybridized carbons (Fsp3) is 0.733. The zero-order chi connectivity index (χ0) is 13.0. The van der Waals surface area contributed by atoms with Gasteiger partial charge in [-0.15, -0.1) is 0 Å². The van der Waals surface area contributed by atoms with Crippen molar-refractivity contribution in [3.63, 3.8) is 0 Å². The van der Waals surface area contributed by atoms with E-state index in [0.717, 1.165) is 19.6 Å².